The van der Waals surface area contributed by atoms with E-state index in [0.717, 1.165) is 21.1 Å². The number of anilines is 3. The van der Waals surface area contributed by atoms with Gasteiger partial charge >= 0.3 is 0 Å². The van der Waals surface area contributed by atoms with Gasteiger partial charge in [-0.15, -0.1) is 0 Å². The molecule has 0 aliphatic carbocycles. The van der Waals surface area contributed by atoms with Crippen LogP contribution in [0.2, 0.25) is 0 Å². The molecule has 2 N–H and O–H groups in total. The standard InChI is InChI=1S/C21H14BrFN4O/c22-14-2-1-3-16(10-14)26-20-18-11-17(8-9-19(18)24-12-25-20)27-21(28)13-4-6-15(23)7-5-13/h1-12H,(H,27,28)(H,24,25,26). The molecule has 5 nitrogen and oxygen atoms in total. The fraction of sp³-hybridized carbons (Fsp3) is 0. The Balaban J connectivity index is 1.64. The molecule has 0 spiro atoms. The van der Waals surface area contributed by atoms with Gasteiger partial charge in [0.25, 0.3) is 5.91 Å². The average molecular weight is 437 g/mol. The second kappa shape index (κ2) is 7.74. The minimum absolute atomic E-state index is 0.322. The van der Waals surface area contributed by atoms with Gasteiger partial charge in [0.15, 0.2) is 0 Å². The van der Waals surface area contributed by atoms with E-state index >= 15 is 0 Å². The number of benzene rings is 3. The van der Waals surface area contributed by atoms with Crippen LogP contribution < -0.4 is 10.6 Å². The molecule has 0 saturated carbocycles. The lowest BCUT2D eigenvalue weighted by molar-refractivity contribution is 0.102. The van der Waals surface area contributed by atoms with Crippen molar-refractivity contribution in [2.75, 3.05) is 10.6 Å². The largest absolute Gasteiger partial charge is 0.340 e. The predicted octanol–water partition coefficient (Wildman–Crippen LogP) is 5.53. The van der Waals surface area contributed by atoms with Gasteiger partial charge in [-0.1, -0.05) is 22.0 Å². The zero-order chi connectivity index (χ0) is 19.5. The van der Waals surface area contributed by atoms with Crippen LogP contribution in [0.3, 0.4) is 0 Å². The van der Waals surface area contributed by atoms with E-state index in [1.807, 2.05) is 30.3 Å². The van der Waals surface area contributed by atoms with Crippen molar-refractivity contribution < 1.29 is 9.18 Å². The molecular weight excluding hydrogens is 423 g/mol. The molecule has 0 unspecified atom stereocenters. The summed E-state index contributed by atoms with van der Waals surface area (Å²) in [4.78, 5) is 21.0. The summed E-state index contributed by atoms with van der Waals surface area (Å²) in [5, 5.41) is 6.85. The van der Waals surface area contributed by atoms with Gasteiger partial charge in [-0.3, -0.25) is 4.79 Å². The molecule has 0 radical (unpaired) electrons. The Kier molecular flexibility index (Phi) is 4.99. The second-order valence-electron chi connectivity index (χ2n) is 6.05. The molecule has 1 heterocycles. The number of carbonyl (C=O) groups excluding carboxylic acids is 1. The van der Waals surface area contributed by atoms with Crippen molar-refractivity contribution in [2.24, 2.45) is 0 Å². The van der Waals surface area contributed by atoms with Crippen molar-refractivity contribution in [2.45, 2.75) is 0 Å². The van der Waals surface area contributed by atoms with Gasteiger partial charge in [-0.2, -0.15) is 0 Å². The molecular formula is C21H14BrFN4O. The number of hydrogen-bond donors (Lipinski definition) is 2. The zero-order valence-electron chi connectivity index (χ0n) is 14.5. The number of carbonyl (C=O) groups is 1. The van der Waals surface area contributed by atoms with Crippen molar-refractivity contribution in [3.05, 3.63) is 88.9 Å². The highest BCUT2D eigenvalue weighted by molar-refractivity contribution is 9.10. The van der Waals surface area contributed by atoms with Crippen molar-refractivity contribution in [1.82, 2.24) is 9.97 Å². The smallest absolute Gasteiger partial charge is 0.255 e. The van der Waals surface area contributed by atoms with E-state index in [1.54, 1.807) is 12.1 Å². The van der Waals surface area contributed by atoms with Crippen molar-refractivity contribution in [3.63, 3.8) is 0 Å². The van der Waals surface area contributed by atoms with Crippen molar-refractivity contribution in [1.29, 1.82) is 0 Å². The lowest BCUT2D eigenvalue weighted by atomic mass is 10.1. The Labute approximate surface area is 168 Å². The molecule has 3 aromatic carbocycles. The lowest BCUT2D eigenvalue weighted by Crippen LogP contribution is -2.11. The number of amides is 1. The van der Waals surface area contributed by atoms with Crippen LogP contribution in [-0.4, -0.2) is 15.9 Å². The van der Waals surface area contributed by atoms with Crippen molar-refractivity contribution in [3.8, 4) is 0 Å². The molecule has 4 rings (SSSR count). The molecule has 1 amide bonds. The number of fused-ring (bicyclic) bond motifs is 1. The van der Waals surface area contributed by atoms with Gasteiger partial charge in [0.1, 0.15) is 18.0 Å². The van der Waals surface area contributed by atoms with Crippen molar-refractivity contribution >= 4 is 49.9 Å². The molecule has 0 fully saturated rings. The number of nitrogens with zero attached hydrogens (tertiary/aromatic N) is 2. The molecule has 138 valence electrons. The third-order valence-electron chi connectivity index (χ3n) is 4.09. The van der Waals surface area contributed by atoms with E-state index in [1.165, 1.54) is 30.6 Å². The van der Waals surface area contributed by atoms with E-state index in [4.69, 9.17) is 0 Å². The SMILES string of the molecule is O=C(Nc1ccc2ncnc(Nc3cccc(Br)c3)c2c1)c1ccc(F)cc1. The van der Waals surface area contributed by atoms with Crippen LogP contribution >= 0.6 is 15.9 Å². The summed E-state index contributed by atoms with van der Waals surface area (Å²) in [6.45, 7) is 0. The summed E-state index contributed by atoms with van der Waals surface area (Å²) >= 11 is 3.45. The van der Waals surface area contributed by atoms with Crippen LogP contribution in [0, 0.1) is 5.82 Å². The van der Waals surface area contributed by atoms with E-state index in [-0.39, 0.29) is 11.7 Å². The topological polar surface area (TPSA) is 66.9 Å². The Morgan fingerprint density at radius 2 is 1.75 bits per heavy atom. The first-order chi connectivity index (χ1) is 13.6. The number of rotatable bonds is 4. The van der Waals surface area contributed by atoms with Gasteiger partial charge in [0.05, 0.1) is 5.52 Å². The van der Waals surface area contributed by atoms with Gasteiger partial charge in [-0.25, -0.2) is 14.4 Å². The van der Waals surface area contributed by atoms with Gasteiger partial charge in [0.2, 0.25) is 0 Å². The van der Waals surface area contributed by atoms with Crippen LogP contribution in [0.4, 0.5) is 21.6 Å². The summed E-state index contributed by atoms with van der Waals surface area (Å²) in [5.74, 6) is -0.0821. The van der Waals surface area contributed by atoms with Crippen LogP contribution in [-0.2, 0) is 0 Å². The van der Waals surface area contributed by atoms with Gasteiger partial charge in [0, 0.05) is 26.8 Å². The summed E-state index contributed by atoms with van der Waals surface area (Å²) in [7, 11) is 0. The summed E-state index contributed by atoms with van der Waals surface area (Å²) < 4.78 is 14.0. The number of halogens is 2. The second-order valence-corrected chi connectivity index (χ2v) is 6.97. The summed E-state index contributed by atoms with van der Waals surface area (Å²) in [5.41, 5.74) is 2.58. The molecule has 1 aromatic heterocycles. The number of nitrogens with one attached hydrogen (secondary N) is 2. The van der Waals surface area contributed by atoms with E-state index in [2.05, 4.69) is 36.5 Å². The Bertz CT molecular complexity index is 1160. The average Bonchev–Trinajstić information content (AvgIpc) is 2.69. The van der Waals surface area contributed by atoms with Crippen LogP contribution in [0.1, 0.15) is 10.4 Å². The Hall–Kier alpha value is -3.32. The van der Waals surface area contributed by atoms with E-state index in [0.29, 0.717) is 17.1 Å². The third-order valence-corrected chi connectivity index (χ3v) is 4.58. The summed E-state index contributed by atoms with van der Waals surface area (Å²) in [6.07, 6.45) is 1.49. The van der Waals surface area contributed by atoms with E-state index < -0.39 is 0 Å². The fourth-order valence-electron chi connectivity index (χ4n) is 2.74. The minimum Gasteiger partial charge on any atom is -0.340 e. The highest BCUT2D eigenvalue weighted by atomic mass is 79.9. The molecule has 0 bridgehead atoms. The zero-order valence-corrected chi connectivity index (χ0v) is 16.1. The maximum Gasteiger partial charge on any atom is 0.255 e. The van der Waals surface area contributed by atoms with E-state index in [9.17, 15) is 9.18 Å². The molecule has 0 saturated heterocycles. The molecule has 4 aromatic rings. The first-order valence-corrected chi connectivity index (χ1v) is 9.22. The normalized spacial score (nSPS) is 10.6. The quantitative estimate of drug-likeness (QED) is 0.441. The monoisotopic (exact) mass is 436 g/mol. The molecule has 0 atom stereocenters. The minimum atomic E-state index is -0.386. The van der Waals surface area contributed by atoms with Gasteiger partial charge in [-0.05, 0) is 60.7 Å². The fourth-order valence-corrected chi connectivity index (χ4v) is 3.14. The maximum absolute atomic E-state index is 13.0. The maximum atomic E-state index is 13.0. The Morgan fingerprint density at radius 3 is 2.54 bits per heavy atom. The van der Waals surface area contributed by atoms with Gasteiger partial charge < -0.3 is 10.6 Å². The Morgan fingerprint density at radius 1 is 0.929 bits per heavy atom. The molecule has 0 aliphatic rings. The van der Waals surface area contributed by atoms with Crippen LogP contribution in [0.15, 0.2) is 77.5 Å². The molecule has 7 heteroatoms. The van der Waals surface area contributed by atoms with Crippen LogP contribution in [0.5, 0.6) is 0 Å². The predicted molar refractivity (Wildman–Crippen MR) is 111 cm³/mol. The number of aromatic nitrogens is 2. The molecule has 28 heavy (non-hydrogen) atoms. The first kappa shape index (κ1) is 18.1. The third kappa shape index (κ3) is 3.99. The number of hydrogen-bond acceptors (Lipinski definition) is 4. The molecule has 0 aliphatic heterocycles. The highest BCUT2D eigenvalue weighted by Gasteiger charge is 2.09. The highest BCUT2D eigenvalue weighted by Crippen LogP contribution is 2.27. The first-order valence-electron chi connectivity index (χ1n) is 8.43. The summed E-state index contributed by atoms with van der Waals surface area (Å²) in [6, 6.07) is 18.5. The van der Waals surface area contributed by atoms with Crippen LogP contribution in [0.25, 0.3) is 10.9 Å². The lowest BCUT2D eigenvalue weighted by Gasteiger charge is -2.11.